The zero-order chi connectivity index (χ0) is 31.1. The Morgan fingerprint density at radius 3 is 2.00 bits per heavy atom. The molecule has 0 radical (unpaired) electrons. The number of imidazole rings is 1. The number of rotatable bonds is 3. The van der Waals surface area contributed by atoms with Gasteiger partial charge in [0.25, 0.3) is 0 Å². The van der Waals surface area contributed by atoms with Gasteiger partial charge < -0.3 is 0 Å². The van der Waals surface area contributed by atoms with Crippen molar-refractivity contribution in [3.8, 4) is 39.1 Å². The van der Waals surface area contributed by atoms with Crippen LogP contribution in [0.2, 0.25) is 0 Å². The first-order chi connectivity index (χ1) is 23.2. The lowest BCUT2D eigenvalue weighted by molar-refractivity contribution is 0.963. The second-order valence-electron chi connectivity index (χ2n) is 12.4. The molecular weight excluding hydrogens is 589 g/mol. The Hall–Kier alpha value is -5.64. The van der Waals surface area contributed by atoms with Crippen LogP contribution in [0.25, 0.3) is 82.4 Å². The largest absolute Gasteiger partial charge is 0.294 e. The lowest BCUT2D eigenvalue weighted by atomic mass is 9.84. The van der Waals surface area contributed by atoms with Gasteiger partial charge in [-0.2, -0.15) is 0 Å². The maximum atomic E-state index is 4.89. The van der Waals surface area contributed by atoms with Gasteiger partial charge in [-0.1, -0.05) is 127 Å². The zero-order valence-corrected chi connectivity index (χ0v) is 26.6. The first kappa shape index (κ1) is 26.6. The molecule has 1 aliphatic heterocycles. The van der Waals surface area contributed by atoms with E-state index in [2.05, 4.69) is 163 Å². The van der Waals surface area contributed by atoms with E-state index in [-0.39, 0.29) is 0 Å². The van der Waals surface area contributed by atoms with Crippen molar-refractivity contribution in [3.05, 3.63) is 157 Å². The Kier molecular flexibility index (Phi) is 5.76. The normalized spacial score (nSPS) is 12.3. The van der Waals surface area contributed by atoms with Crippen LogP contribution in [0.15, 0.2) is 161 Å². The summed E-state index contributed by atoms with van der Waals surface area (Å²) in [6, 6.07) is 55.7. The molecule has 47 heavy (non-hydrogen) atoms. The van der Waals surface area contributed by atoms with Crippen molar-refractivity contribution < 1.29 is 0 Å². The molecule has 2 nitrogen and oxygen atoms in total. The number of benzene rings is 8. The van der Waals surface area contributed by atoms with Gasteiger partial charge in [0.05, 0.1) is 16.7 Å². The minimum Gasteiger partial charge on any atom is -0.294 e. The number of aryl methyl sites for hydroxylation is 1. The lowest BCUT2D eigenvalue weighted by Gasteiger charge is -2.22. The van der Waals surface area contributed by atoms with E-state index in [0.29, 0.717) is 0 Å². The van der Waals surface area contributed by atoms with Crippen LogP contribution in [-0.2, 0) is 0 Å². The molecule has 10 rings (SSSR count). The van der Waals surface area contributed by atoms with Gasteiger partial charge in [0.15, 0.2) is 0 Å². The predicted octanol–water partition coefficient (Wildman–Crippen LogP) is 12.3. The van der Waals surface area contributed by atoms with Crippen molar-refractivity contribution in [1.82, 2.24) is 9.55 Å². The first-order valence-electron chi connectivity index (χ1n) is 16.0. The molecule has 9 aromatic rings. The monoisotopic (exact) mass is 616 g/mol. The molecule has 0 aliphatic carbocycles. The quantitative estimate of drug-likeness (QED) is 0.184. The van der Waals surface area contributed by atoms with Crippen molar-refractivity contribution in [2.45, 2.75) is 16.7 Å². The molecule has 2 heterocycles. The maximum Gasteiger partial charge on any atom is 0.111 e. The molecule has 8 aromatic carbocycles. The van der Waals surface area contributed by atoms with Crippen LogP contribution in [0.4, 0.5) is 0 Å². The molecule has 0 amide bonds. The van der Waals surface area contributed by atoms with Crippen LogP contribution in [0.5, 0.6) is 0 Å². The van der Waals surface area contributed by atoms with Crippen LogP contribution >= 0.6 is 11.8 Å². The maximum absolute atomic E-state index is 4.89. The van der Waals surface area contributed by atoms with Crippen molar-refractivity contribution in [2.75, 3.05) is 0 Å². The van der Waals surface area contributed by atoms with E-state index in [0.717, 1.165) is 11.3 Å². The smallest absolute Gasteiger partial charge is 0.111 e. The van der Waals surface area contributed by atoms with Gasteiger partial charge in [0.2, 0.25) is 0 Å². The summed E-state index contributed by atoms with van der Waals surface area (Å²) in [5.41, 5.74) is 10.9. The van der Waals surface area contributed by atoms with Crippen LogP contribution in [0.3, 0.4) is 0 Å². The molecule has 0 fully saturated rings. The standard InChI is InChI=1S/C44H28N2S/c1-27-45-38-16-9-17-40-44(38)46(27)39-23-21-33(26-41(39)47-40)43-35-15-8-7-14-34(35)42(32-19-18-29-12-5-6-13-30(29)24-32)36-22-20-31(25-37(36)43)28-10-3-2-4-11-28/h2-26H,1H3. The predicted molar refractivity (Wildman–Crippen MR) is 199 cm³/mol. The Morgan fingerprint density at radius 1 is 0.468 bits per heavy atom. The number of nitrogens with zero attached hydrogens (tertiary/aromatic N) is 2. The average Bonchev–Trinajstić information content (AvgIpc) is 3.47. The number of fused-ring (bicyclic) bond motifs is 5. The molecule has 1 aromatic heterocycles. The van der Waals surface area contributed by atoms with Gasteiger partial charge in [0.1, 0.15) is 5.82 Å². The Bertz CT molecular complexity index is 2720. The summed E-state index contributed by atoms with van der Waals surface area (Å²) in [7, 11) is 0. The fraction of sp³-hybridized carbons (Fsp3) is 0.0227. The number of para-hydroxylation sites is 1. The van der Waals surface area contributed by atoms with E-state index in [9.17, 15) is 0 Å². The third kappa shape index (κ3) is 4.03. The van der Waals surface area contributed by atoms with Gasteiger partial charge in [-0.15, -0.1) is 0 Å². The molecule has 0 N–H and O–H groups in total. The zero-order valence-electron chi connectivity index (χ0n) is 25.7. The minimum absolute atomic E-state index is 1.02. The van der Waals surface area contributed by atoms with E-state index < -0.39 is 0 Å². The Balaban J connectivity index is 1.28. The molecule has 1 aliphatic rings. The topological polar surface area (TPSA) is 17.8 Å². The van der Waals surface area contributed by atoms with Crippen LogP contribution < -0.4 is 0 Å². The molecule has 0 unspecified atom stereocenters. The second-order valence-corrected chi connectivity index (χ2v) is 13.5. The van der Waals surface area contributed by atoms with Crippen LogP contribution in [0.1, 0.15) is 5.82 Å². The van der Waals surface area contributed by atoms with Crippen LogP contribution in [0, 0.1) is 6.92 Å². The minimum atomic E-state index is 1.02. The SMILES string of the molecule is Cc1nc2cccc3c2n1-c1ccc(-c2c4ccccc4c(-c4ccc5ccccc5c4)c4ccc(-c5ccccc5)cc24)cc1S3. The molecule has 0 saturated heterocycles. The third-order valence-electron chi connectivity index (χ3n) is 9.69. The van der Waals surface area contributed by atoms with E-state index in [1.54, 1.807) is 0 Å². The van der Waals surface area contributed by atoms with Crippen molar-refractivity contribution in [2.24, 2.45) is 0 Å². The van der Waals surface area contributed by atoms with E-state index in [1.807, 2.05) is 11.8 Å². The number of aromatic nitrogens is 2. The highest BCUT2D eigenvalue weighted by Gasteiger charge is 2.24. The highest BCUT2D eigenvalue weighted by Crippen LogP contribution is 2.48. The van der Waals surface area contributed by atoms with Crippen molar-refractivity contribution in [3.63, 3.8) is 0 Å². The van der Waals surface area contributed by atoms with Gasteiger partial charge >= 0.3 is 0 Å². The summed E-state index contributed by atoms with van der Waals surface area (Å²) < 4.78 is 2.33. The van der Waals surface area contributed by atoms with Crippen molar-refractivity contribution in [1.29, 1.82) is 0 Å². The van der Waals surface area contributed by atoms with Gasteiger partial charge in [0, 0.05) is 9.79 Å². The Morgan fingerprint density at radius 2 is 1.15 bits per heavy atom. The fourth-order valence-corrected chi connectivity index (χ4v) is 8.72. The summed E-state index contributed by atoms with van der Waals surface area (Å²) in [6.07, 6.45) is 0. The first-order valence-corrected chi connectivity index (χ1v) is 16.9. The van der Waals surface area contributed by atoms with E-state index in [1.165, 1.54) is 86.7 Å². The van der Waals surface area contributed by atoms with Gasteiger partial charge in [-0.05, 0) is 109 Å². The number of hydrogen-bond acceptors (Lipinski definition) is 2. The lowest BCUT2D eigenvalue weighted by Crippen LogP contribution is -2.03. The van der Waals surface area contributed by atoms with Crippen LogP contribution in [-0.4, -0.2) is 9.55 Å². The van der Waals surface area contributed by atoms with Crippen molar-refractivity contribution >= 4 is 55.1 Å². The van der Waals surface area contributed by atoms with Gasteiger partial charge in [-0.25, -0.2) is 4.98 Å². The number of hydrogen-bond donors (Lipinski definition) is 0. The highest BCUT2D eigenvalue weighted by molar-refractivity contribution is 7.99. The third-order valence-corrected chi connectivity index (χ3v) is 10.8. The van der Waals surface area contributed by atoms with E-state index >= 15 is 0 Å². The average molecular weight is 617 g/mol. The molecule has 220 valence electrons. The van der Waals surface area contributed by atoms with E-state index in [4.69, 9.17) is 4.98 Å². The fourth-order valence-electron chi connectivity index (χ4n) is 7.60. The molecule has 0 bridgehead atoms. The summed E-state index contributed by atoms with van der Waals surface area (Å²) in [5.74, 6) is 1.02. The molecule has 0 saturated carbocycles. The molecule has 3 heteroatoms. The molecule has 0 atom stereocenters. The molecular formula is C44H28N2S. The Labute approximate surface area is 277 Å². The molecule has 0 spiro atoms. The summed E-state index contributed by atoms with van der Waals surface area (Å²) >= 11 is 1.85. The highest BCUT2D eigenvalue weighted by atomic mass is 32.2. The second kappa shape index (κ2) is 10.2. The summed E-state index contributed by atoms with van der Waals surface area (Å²) in [6.45, 7) is 2.11. The summed E-state index contributed by atoms with van der Waals surface area (Å²) in [4.78, 5) is 7.39. The summed E-state index contributed by atoms with van der Waals surface area (Å²) in [5, 5.41) is 7.55. The van der Waals surface area contributed by atoms with Gasteiger partial charge in [-0.3, -0.25) is 4.57 Å².